The molecule has 0 aliphatic heterocycles. The summed E-state index contributed by atoms with van der Waals surface area (Å²) in [5, 5.41) is 4.18. The summed E-state index contributed by atoms with van der Waals surface area (Å²) in [7, 11) is 0. The standard InChI is InChI=1S/C11H21N3O/c1-4-11(3,12)9-15-8-10-6-13-14(5-2)7-10/h6-7H,4-5,8-9,12H2,1-3H3. The minimum atomic E-state index is -0.221. The summed E-state index contributed by atoms with van der Waals surface area (Å²) in [6.07, 6.45) is 4.75. The van der Waals surface area contributed by atoms with Gasteiger partial charge in [0.1, 0.15) is 0 Å². The summed E-state index contributed by atoms with van der Waals surface area (Å²) >= 11 is 0. The van der Waals surface area contributed by atoms with Crippen LogP contribution in [0.15, 0.2) is 12.4 Å². The highest BCUT2D eigenvalue weighted by Gasteiger charge is 2.15. The first-order valence-corrected chi connectivity index (χ1v) is 5.45. The van der Waals surface area contributed by atoms with Crippen molar-refractivity contribution in [2.75, 3.05) is 6.61 Å². The van der Waals surface area contributed by atoms with E-state index in [9.17, 15) is 0 Å². The Hall–Kier alpha value is -0.870. The Morgan fingerprint density at radius 1 is 1.53 bits per heavy atom. The fourth-order valence-electron chi connectivity index (χ4n) is 1.16. The third-order valence-electron chi connectivity index (χ3n) is 2.52. The zero-order chi connectivity index (χ0) is 11.3. The molecule has 1 heterocycles. The van der Waals surface area contributed by atoms with E-state index in [2.05, 4.69) is 18.9 Å². The molecule has 0 fully saturated rings. The lowest BCUT2D eigenvalue weighted by atomic mass is 10.0. The monoisotopic (exact) mass is 211 g/mol. The molecule has 0 aromatic carbocycles. The zero-order valence-corrected chi connectivity index (χ0v) is 9.86. The molecule has 4 nitrogen and oxygen atoms in total. The van der Waals surface area contributed by atoms with Gasteiger partial charge in [0, 0.05) is 23.8 Å². The molecule has 0 radical (unpaired) electrons. The average molecular weight is 211 g/mol. The van der Waals surface area contributed by atoms with Crippen molar-refractivity contribution >= 4 is 0 Å². The molecule has 1 rings (SSSR count). The van der Waals surface area contributed by atoms with Crippen molar-refractivity contribution in [1.82, 2.24) is 9.78 Å². The smallest absolute Gasteiger partial charge is 0.0748 e. The van der Waals surface area contributed by atoms with E-state index in [1.165, 1.54) is 0 Å². The number of aryl methyl sites for hydroxylation is 1. The largest absolute Gasteiger partial charge is 0.375 e. The van der Waals surface area contributed by atoms with Crippen molar-refractivity contribution in [2.45, 2.75) is 45.9 Å². The van der Waals surface area contributed by atoms with Gasteiger partial charge in [-0.2, -0.15) is 5.10 Å². The second-order valence-electron chi connectivity index (χ2n) is 4.20. The maximum Gasteiger partial charge on any atom is 0.0748 e. The second-order valence-corrected chi connectivity index (χ2v) is 4.20. The topological polar surface area (TPSA) is 53.1 Å². The molecule has 2 N–H and O–H groups in total. The van der Waals surface area contributed by atoms with Crippen molar-refractivity contribution in [2.24, 2.45) is 5.73 Å². The first-order chi connectivity index (χ1) is 7.07. The van der Waals surface area contributed by atoms with Gasteiger partial charge in [0.2, 0.25) is 0 Å². The van der Waals surface area contributed by atoms with Crippen LogP contribution in [-0.2, 0) is 17.9 Å². The van der Waals surface area contributed by atoms with Gasteiger partial charge >= 0.3 is 0 Å². The van der Waals surface area contributed by atoms with E-state index in [0.29, 0.717) is 13.2 Å². The molecule has 1 aromatic heterocycles. The quantitative estimate of drug-likeness (QED) is 0.776. The fraction of sp³-hybridized carbons (Fsp3) is 0.727. The van der Waals surface area contributed by atoms with Crippen LogP contribution in [0.5, 0.6) is 0 Å². The first kappa shape index (κ1) is 12.2. The van der Waals surface area contributed by atoms with Crippen LogP contribution < -0.4 is 5.73 Å². The van der Waals surface area contributed by atoms with Gasteiger partial charge in [-0.05, 0) is 20.3 Å². The number of aromatic nitrogens is 2. The van der Waals surface area contributed by atoms with Crippen molar-refractivity contribution in [3.05, 3.63) is 18.0 Å². The van der Waals surface area contributed by atoms with Crippen LogP contribution in [0.25, 0.3) is 0 Å². The van der Waals surface area contributed by atoms with Crippen molar-refractivity contribution in [3.63, 3.8) is 0 Å². The SMILES string of the molecule is CCn1cc(COCC(C)(N)CC)cn1. The van der Waals surface area contributed by atoms with Gasteiger partial charge in [-0.3, -0.25) is 4.68 Å². The Bertz CT molecular complexity index is 294. The highest BCUT2D eigenvalue weighted by atomic mass is 16.5. The number of hydrogen-bond donors (Lipinski definition) is 1. The molecule has 0 amide bonds. The summed E-state index contributed by atoms with van der Waals surface area (Å²) in [6.45, 7) is 8.20. The van der Waals surface area contributed by atoms with Crippen molar-refractivity contribution in [1.29, 1.82) is 0 Å². The van der Waals surface area contributed by atoms with Crippen LogP contribution in [-0.4, -0.2) is 21.9 Å². The Kier molecular flexibility index (Phi) is 4.29. The Balaban J connectivity index is 2.31. The molecule has 4 heteroatoms. The predicted molar refractivity (Wildman–Crippen MR) is 60.4 cm³/mol. The average Bonchev–Trinajstić information content (AvgIpc) is 2.66. The molecular weight excluding hydrogens is 190 g/mol. The van der Waals surface area contributed by atoms with Gasteiger partial charge in [-0.1, -0.05) is 6.92 Å². The number of ether oxygens (including phenoxy) is 1. The van der Waals surface area contributed by atoms with E-state index in [4.69, 9.17) is 10.5 Å². The Labute approximate surface area is 91.4 Å². The lowest BCUT2D eigenvalue weighted by Gasteiger charge is -2.21. The van der Waals surface area contributed by atoms with Gasteiger partial charge in [-0.15, -0.1) is 0 Å². The Morgan fingerprint density at radius 2 is 2.27 bits per heavy atom. The van der Waals surface area contributed by atoms with Crippen molar-refractivity contribution < 1.29 is 4.74 Å². The minimum absolute atomic E-state index is 0.221. The second kappa shape index (κ2) is 5.28. The van der Waals surface area contributed by atoms with Gasteiger partial charge < -0.3 is 10.5 Å². The van der Waals surface area contributed by atoms with Crippen LogP contribution in [0.3, 0.4) is 0 Å². The van der Waals surface area contributed by atoms with Gasteiger partial charge in [-0.25, -0.2) is 0 Å². The van der Waals surface area contributed by atoms with E-state index in [-0.39, 0.29) is 5.54 Å². The number of nitrogens with zero attached hydrogens (tertiary/aromatic N) is 2. The molecular formula is C11H21N3O. The number of rotatable bonds is 6. The molecule has 0 spiro atoms. The van der Waals surface area contributed by atoms with Crippen molar-refractivity contribution in [3.8, 4) is 0 Å². The zero-order valence-electron chi connectivity index (χ0n) is 9.86. The first-order valence-electron chi connectivity index (χ1n) is 5.45. The molecule has 1 atom stereocenters. The summed E-state index contributed by atoms with van der Waals surface area (Å²) in [5.74, 6) is 0. The third-order valence-corrected chi connectivity index (χ3v) is 2.52. The third kappa shape index (κ3) is 4.01. The predicted octanol–water partition coefficient (Wildman–Crippen LogP) is 1.55. The van der Waals surface area contributed by atoms with Crippen LogP contribution >= 0.6 is 0 Å². The number of nitrogens with two attached hydrogens (primary N) is 1. The lowest BCUT2D eigenvalue weighted by Crippen LogP contribution is -2.40. The van der Waals surface area contributed by atoms with E-state index in [0.717, 1.165) is 18.5 Å². The number of hydrogen-bond acceptors (Lipinski definition) is 3. The summed E-state index contributed by atoms with van der Waals surface area (Å²) in [5.41, 5.74) is 6.84. The highest BCUT2D eigenvalue weighted by molar-refractivity contribution is 5.01. The highest BCUT2D eigenvalue weighted by Crippen LogP contribution is 2.07. The summed E-state index contributed by atoms with van der Waals surface area (Å²) < 4.78 is 7.44. The van der Waals surface area contributed by atoms with Crippen LogP contribution in [0.4, 0.5) is 0 Å². The molecule has 0 saturated heterocycles. The molecule has 0 aliphatic rings. The molecule has 1 unspecified atom stereocenters. The molecule has 0 aliphatic carbocycles. The molecule has 86 valence electrons. The summed E-state index contributed by atoms with van der Waals surface area (Å²) in [6, 6.07) is 0. The van der Waals surface area contributed by atoms with E-state index in [1.807, 2.05) is 24.0 Å². The molecule has 15 heavy (non-hydrogen) atoms. The lowest BCUT2D eigenvalue weighted by molar-refractivity contribution is 0.0777. The van der Waals surface area contributed by atoms with E-state index in [1.54, 1.807) is 0 Å². The van der Waals surface area contributed by atoms with Crippen LogP contribution in [0, 0.1) is 0 Å². The van der Waals surface area contributed by atoms with Gasteiger partial charge in [0.25, 0.3) is 0 Å². The summed E-state index contributed by atoms with van der Waals surface area (Å²) in [4.78, 5) is 0. The van der Waals surface area contributed by atoms with E-state index < -0.39 is 0 Å². The molecule has 0 saturated carbocycles. The van der Waals surface area contributed by atoms with Crippen LogP contribution in [0.2, 0.25) is 0 Å². The minimum Gasteiger partial charge on any atom is -0.375 e. The van der Waals surface area contributed by atoms with Crippen LogP contribution in [0.1, 0.15) is 32.8 Å². The van der Waals surface area contributed by atoms with Gasteiger partial charge in [0.15, 0.2) is 0 Å². The maximum atomic E-state index is 5.97. The molecule has 0 bridgehead atoms. The Morgan fingerprint density at radius 3 is 2.80 bits per heavy atom. The maximum absolute atomic E-state index is 5.97. The normalized spacial score (nSPS) is 15.2. The fourth-order valence-corrected chi connectivity index (χ4v) is 1.16. The molecule has 1 aromatic rings. The van der Waals surface area contributed by atoms with Gasteiger partial charge in [0.05, 0.1) is 19.4 Å². The van der Waals surface area contributed by atoms with E-state index >= 15 is 0 Å².